The van der Waals surface area contributed by atoms with E-state index >= 15 is 0 Å². The second kappa shape index (κ2) is 4.24. The lowest BCUT2D eigenvalue weighted by Crippen LogP contribution is -1.99. The molecule has 6 nitrogen and oxygen atoms in total. The number of hydrogen-bond acceptors (Lipinski definition) is 4. The van der Waals surface area contributed by atoms with Crippen LogP contribution in [0.5, 0.6) is 0 Å². The van der Waals surface area contributed by atoms with Gasteiger partial charge in [0.2, 0.25) is 5.90 Å². The summed E-state index contributed by atoms with van der Waals surface area (Å²) in [6.07, 6.45) is 7.24. The highest BCUT2D eigenvalue weighted by molar-refractivity contribution is 6.05. The van der Waals surface area contributed by atoms with E-state index in [1.165, 1.54) is 7.11 Å². The Kier molecular flexibility index (Phi) is 2.56. The fourth-order valence-electron chi connectivity index (χ4n) is 2.03. The van der Waals surface area contributed by atoms with Crippen molar-refractivity contribution in [3.05, 3.63) is 36.4 Å². The second-order valence-corrected chi connectivity index (χ2v) is 4.26. The van der Waals surface area contributed by atoms with Crippen LogP contribution in [-0.4, -0.2) is 32.8 Å². The lowest BCUT2D eigenvalue weighted by atomic mass is 10.1. The summed E-state index contributed by atoms with van der Waals surface area (Å²) in [7, 11) is 3.36. The molecule has 3 heterocycles. The summed E-state index contributed by atoms with van der Waals surface area (Å²) < 4.78 is 6.72. The van der Waals surface area contributed by atoms with Gasteiger partial charge in [-0.2, -0.15) is 5.10 Å². The van der Waals surface area contributed by atoms with Gasteiger partial charge in [0.25, 0.3) is 0 Å². The molecule has 0 bridgehead atoms. The minimum absolute atomic E-state index is 0.122. The zero-order chi connectivity index (χ0) is 13.4. The lowest BCUT2D eigenvalue weighted by Gasteiger charge is -2.01. The molecule has 0 saturated heterocycles. The summed E-state index contributed by atoms with van der Waals surface area (Å²) in [5.74, 6) is 0.122. The van der Waals surface area contributed by atoms with Crippen LogP contribution in [0.15, 0.2) is 30.9 Å². The SMILES string of the molecule is COC(=N)c1c[nH]c2ncc(-c3cnn(C)c3)cc12. The van der Waals surface area contributed by atoms with Crippen molar-refractivity contribution in [2.75, 3.05) is 7.11 Å². The number of hydrogen-bond donors (Lipinski definition) is 2. The average molecular weight is 255 g/mol. The van der Waals surface area contributed by atoms with Gasteiger partial charge in [0, 0.05) is 42.2 Å². The molecule has 0 unspecified atom stereocenters. The molecular weight excluding hydrogens is 242 g/mol. The average Bonchev–Trinajstić information content (AvgIpc) is 3.03. The van der Waals surface area contributed by atoms with E-state index in [2.05, 4.69) is 15.1 Å². The second-order valence-electron chi connectivity index (χ2n) is 4.26. The van der Waals surface area contributed by atoms with Crippen molar-refractivity contribution in [3.63, 3.8) is 0 Å². The van der Waals surface area contributed by atoms with E-state index in [1.807, 2.05) is 19.3 Å². The maximum Gasteiger partial charge on any atom is 0.215 e. The van der Waals surface area contributed by atoms with Crippen molar-refractivity contribution in [1.82, 2.24) is 19.7 Å². The van der Waals surface area contributed by atoms with Crippen LogP contribution >= 0.6 is 0 Å². The van der Waals surface area contributed by atoms with Crippen LogP contribution in [0.25, 0.3) is 22.2 Å². The predicted molar refractivity (Wildman–Crippen MR) is 72.1 cm³/mol. The van der Waals surface area contributed by atoms with Gasteiger partial charge in [-0.15, -0.1) is 0 Å². The van der Waals surface area contributed by atoms with Crippen molar-refractivity contribution >= 4 is 16.9 Å². The predicted octanol–water partition coefficient (Wildman–Crippen LogP) is 1.94. The van der Waals surface area contributed by atoms with Crippen LogP contribution in [0.3, 0.4) is 0 Å². The molecule has 6 heteroatoms. The molecule has 0 aliphatic heterocycles. The van der Waals surface area contributed by atoms with Gasteiger partial charge in [-0.05, 0) is 6.07 Å². The molecule has 0 radical (unpaired) electrons. The molecule has 0 amide bonds. The summed E-state index contributed by atoms with van der Waals surface area (Å²) in [6, 6.07) is 1.98. The standard InChI is InChI=1S/C13H13N5O/c1-18-7-9(5-17-18)8-3-10-11(12(14)19-2)6-16-13(10)15-4-8/h3-7,14H,1-2H3,(H,15,16). The Morgan fingerprint density at radius 3 is 2.89 bits per heavy atom. The Bertz CT molecular complexity index is 755. The van der Waals surface area contributed by atoms with Crippen LogP contribution in [0.4, 0.5) is 0 Å². The van der Waals surface area contributed by atoms with Gasteiger partial charge in [-0.3, -0.25) is 10.1 Å². The molecule has 3 rings (SSSR count). The van der Waals surface area contributed by atoms with Crippen LogP contribution in [-0.2, 0) is 11.8 Å². The third-order valence-corrected chi connectivity index (χ3v) is 3.02. The largest absolute Gasteiger partial charge is 0.481 e. The third kappa shape index (κ3) is 1.87. The van der Waals surface area contributed by atoms with Crippen LogP contribution in [0, 0.1) is 5.41 Å². The lowest BCUT2D eigenvalue weighted by molar-refractivity contribution is 0.401. The number of nitrogens with one attached hydrogen (secondary N) is 2. The summed E-state index contributed by atoms with van der Waals surface area (Å²) in [4.78, 5) is 7.39. The normalized spacial score (nSPS) is 10.8. The smallest absolute Gasteiger partial charge is 0.215 e. The Balaban J connectivity index is 2.16. The number of ether oxygens (including phenoxy) is 1. The number of rotatable bonds is 2. The van der Waals surface area contributed by atoms with Gasteiger partial charge in [-0.1, -0.05) is 0 Å². The monoisotopic (exact) mass is 255 g/mol. The van der Waals surface area contributed by atoms with Gasteiger partial charge in [0.15, 0.2) is 0 Å². The summed E-state index contributed by atoms with van der Waals surface area (Å²) in [5.41, 5.74) is 3.40. The van der Waals surface area contributed by atoms with Gasteiger partial charge >= 0.3 is 0 Å². The Labute approximate surface area is 109 Å². The highest BCUT2D eigenvalue weighted by Crippen LogP contribution is 2.24. The molecule has 0 fully saturated rings. The van der Waals surface area contributed by atoms with E-state index in [9.17, 15) is 0 Å². The topological polar surface area (TPSA) is 79.6 Å². The highest BCUT2D eigenvalue weighted by atomic mass is 16.5. The van der Waals surface area contributed by atoms with E-state index in [4.69, 9.17) is 10.1 Å². The number of aromatic amines is 1. The van der Waals surface area contributed by atoms with Gasteiger partial charge in [-0.25, -0.2) is 4.98 Å². The molecule has 0 aliphatic carbocycles. The minimum Gasteiger partial charge on any atom is -0.481 e. The fourth-order valence-corrected chi connectivity index (χ4v) is 2.03. The molecule has 96 valence electrons. The first kappa shape index (κ1) is 11.5. The van der Waals surface area contributed by atoms with E-state index in [0.717, 1.165) is 22.2 Å². The van der Waals surface area contributed by atoms with Crippen LogP contribution in [0.1, 0.15) is 5.56 Å². The zero-order valence-corrected chi connectivity index (χ0v) is 10.6. The molecule has 2 N–H and O–H groups in total. The number of aryl methyl sites for hydroxylation is 1. The minimum atomic E-state index is 0.122. The highest BCUT2D eigenvalue weighted by Gasteiger charge is 2.11. The molecular formula is C13H13N5O. The summed E-state index contributed by atoms with van der Waals surface area (Å²) >= 11 is 0. The number of methoxy groups -OCH3 is 1. The maximum absolute atomic E-state index is 7.77. The van der Waals surface area contributed by atoms with E-state index in [1.54, 1.807) is 23.3 Å². The van der Waals surface area contributed by atoms with Crippen molar-refractivity contribution in [1.29, 1.82) is 5.41 Å². The first-order valence-electron chi connectivity index (χ1n) is 5.78. The van der Waals surface area contributed by atoms with Gasteiger partial charge in [0.05, 0.1) is 18.9 Å². The van der Waals surface area contributed by atoms with Gasteiger partial charge in [0.1, 0.15) is 5.65 Å². The van der Waals surface area contributed by atoms with Crippen molar-refractivity contribution in [3.8, 4) is 11.1 Å². The Hall–Kier alpha value is -2.63. The first-order chi connectivity index (χ1) is 9.19. The van der Waals surface area contributed by atoms with Crippen molar-refractivity contribution in [2.45, 2.75) is 0 Å². The van der Waals surface area contributed by atoms with E-state index in [0.29, 0.717) is 5.56 Å². The molecule has 0 aromatic carbocycles. The van der Waals surface area contributed by atoms with E-state index < -0.39 is 0 Å². The zero-order valence-electron chi connectivity index (χ0n) is 10.6. The molecule has 0 spiro atoms. The van der Waals surface area contributed by atoms with Crippen molar-refractivity contribution < 1.29 is 4.74 Å². The first-order valence-corrected chi connectivity index (χ1v) is 5.78. The van der Waals surface area contributed by atoms with Crippen molar-refractivity contribution in [2.24, 2.45) is 7.05 Å². The quantitative estimate of drug-likeness (QED) is 0.542. The molecule has 0 atom stereocenters. The van der Waals surface area contributed by atoms with Crippen LogP contribution in [0.2, 0.25) is 0 Å². The molecule has 3 aromatic heterocycles. The molecule has 19 heavy (non-hydrogen) atoms. The third-order valence-electron chi connectivity index (χ3n) is 3.02. The number of pyridine rings is 1. The van der Waals surface area contributed by atoms with E-state index in [-0.39, 0.29) is 5.90 Å². The summed E-state index contributed by atoms with van der Waals surface area (Å²) in [5, 5.41) is 12.8. The number of H-pyrrole nitrogens is 1. The number of fused-ring (bicyclic) bond motifs is 1. The molecule has 0 saturated carbocycles. The van der Waals surface area contributed by atoms with Gasteiger partial charge < -0.3 is 9.72 Å². The molecule has 0 aliphatic rings. The number of aromatic nitrogens is 4. The Morgan fingerprint density at radius 2 is 2.21 bits per heavy atom. The Morgan fingerprint density at radius 1 is 1.37 bits per heavy atom. The summed E-state index contributed by atoms with van der Waals surface area (Å²) in [6.45, 7) is 0. The van der Waals surface area contributed by atoms with Crippen LogP contribution < -0.4 is 0 Å². The number of nitrogens with zero attached hydrogens (tertiary/aromatic N) is 3. The fraction of sp³-hybridized carbons (Fsp3) is 0.154. The maximum atomic E-state index is 7.77. The molecule has 3 aromatic rings.